The third-order valence-electron chi connectivity index (χ3n) is 8.22. The summed E-state index contributed by atoms with van der Waals surface area (Å²) in [4.78, 5) is 19.7. The Balaban J connectivity index is 2.31. The Morgan fingerprint density at radius 1 is 1.06 bits per heavy atom. The van der Waals surface area contributed by atoms with E-state index in [4.69, 9.17) is 14.0 Å². The number of ether oxygens (including phenoxy) is 1. The molecule has 1 saturated heterocycles. The second kappa shape index (κ2) is 10.8. The third kappa shape index (κ3) is 7.65. The van der Waals surface area contributed by atoms with E-state index < -0.39 is 25.9 Å². The highest BCUT2D eigenvalue weighted by molar-refractivity contribution is 6.74. The maximum atomic E-state index is 13.2. The summed E-state index contributed by atoms with van der Waals surface area (Å²) in [6.07, 6.45) is 6.62. The Kier molecular flexibility index (Phi) is 9.44. The van der Waals surface area contributed by atoms with E-state index >= 15 is 0 Å². The van der Waals surface area contributed by atoms with Gasteiger partial charge in [-0.1, -0.05) is 32.9 Å². The number of aliphatic hydroxyl groups is 1. The highest BCUT2D eigenvalue weighted by Gasteiger charge is 2.51. The molecule has 0 radical (unpaired) electrons. The number of carbonyl (C=O) groups is 1. The van der Waals surface area contributed by atoms with Gasteiger partial charge in [-0.15, -0.1) is 0 Å². The van der Waals surface area contributed by atoms with Crippen LogP contribution in [0.25, 0.3) is 0 Å². The van der Waals surface area contributed by atoms with Gasteiger partial charge in [0.05, 0.1) is 24.2 Å². The minimum absolute atomic E-state index is 0.0258. The Morgan fingerprint density at radius 2 is 1.58 bits per heavy atom. The average molecular weight is 526 g/mol. The molecule has 1 saturated carbocycles. The summed E-state index contributed by atoms with van der Waals surface area (Å²) in [5.74, 6) is -1.31. The summed E-state index contributed by atoms with van der Waals surface area (Å²) in [6.45, 7) is 27.6. The zero-order chi connectivity index (χ0) is 27.9. The van der Waals surface area contributed by atoms with Crippen molar-refractivity contribution in [2.24, 2.45) is 11.8 Å². The van der Waals surface area contributed by atoms with E-state index in [1.165, 1.54) is 6.42 Å². The molecule has 0 unspecified atom stereocenters. The lowest BCUT2D eigenvalue weighted by Gasteiger charge is -2.52. The van der Waals surface area contributed by atoms with Crippen molar-refractivity contribution in [3.05, 3.63) is 12.2 Å². The monoisotopic (exact) mass is 525 g/mol. The van der Waals surface area contributed by atoms with Gasteiger partial charge in [0.15, 0.2) is 8.32 Å². The Hall–Kier alpha value is -0.733. The first-order valence-corrected chi connectivity index (χ1v) is 16.7. The lowest BCUT2D eigenvalue weighted by Crippen LogP contribution is -2.59. The molecule has 1 N–H and O–H groups in total. The molecule has 0 amide bonds. The second-order valence-electron chi connectivity index (χ2n) is 14.8. The molecule has 2 aliphatic rings. The molecule has 1 heterocycles. The number of hydrogen-bond acceptors (Lipinski definition) is 6. The van der Waals surface area contributed by atoms with E-state index in [1.807, 2.05) is 39.8 Å². The predicted molar refractivity (Wildman–Crippen MR) is 149 cm³/mol. The topological polar surface area (TPSA) is 68.2 Å². The fourth-order valence-corrected chi connectivity index (χ4v) is 6.75. The summed E-state index contributed by atoms with van der Waals surface area (Å²) in [5, 5.41) is 13.2. The molecule has 0 bridgehead atoms. The van der Waals surface area contributed by atoms with Crippen LogP contribution in [0.2, 0.25) is 18.1 Å². The maximum absolute atomic E-state index is 13.2. The second-order valence-corrected chi connectivity index (χ2v) is 19.6. The molecule has 2 fully saturated rings. The Bertz CT molecular complexity index is 776. The molecule has 1 aliphatic carbocycles. The summed E-state index contributed by atoms with van der Waals surface area (Å²) in [6, 6.07) is 0. The molecule has 0 spiro atoms. The summed E-state index contributed by atoms with van der Waals surface area (Å²) in [5.41, 5.74) is -0.730. The van der Waals surface area contributed by atoms with Crippen molar-refractivity contribution in [3.63, 3.8) is 0 Å². The third-order valence-corrected chi connectivity index (χ3v) is 12.7. The quantitative estimate of drug-likeness (QED) is 0.228. The SMILES string of the molecule is C[C@@H](C=C[C@H]1[C@@H](C(=O)OC(C)(C)C)[C@H](O)C[C@@H]1O[Si](C)(C)C(C)(C)C)ON1C(C)(C)CCCC1(C)C. The molecule has 36 heavy (non-hydrogen) atoms. The van der Waals surface area contributed by atoms with Gasteiger partial charge in [0.1, 0.15) is 5.60 Å². The van der Waals surface area contributed by atoms with E-state index in [1.54, 1.807) is 0 Å². The van der Waals surface area contributed by atoms with Gasteiger partial charge in [0, 0.05) is 17.0 Å². The largest absolute Gasteiger partial charge is 0.460 e. The first-order valence-electron chi connectivity index (χ1n) is 13.8. The summed E-state index contributed by atoms with van der Waals surface area (Å²) in [7, 11) is -2.12. The molecule has 0 aromatic rings. The molecule has 0 aromatic heterocycles. The van der Waals surface area contributed by atoms with Crippen LogP contribution >= 0.6 is 0 Å². The number of nitrogens with zero attached hydrogens (tertiary/aromatic N) is 1. The van der Waals surface area contributed by atoms with E-state index in [-0.39, 0.29) is 40.2 Å². The van der Waals surface area contributed by atoms with Gasteiger partial charge in [-0.05, 0) is 99.2 Å². The Labute approximate surface area is 222 Å². The highest BCUT2D eigenvalue weighted by Crippen LogP contribution is 2.44. The van der Waals surface area contributed by atoms with Crippen LogP contribution < -0.4 is 0 Å². The van der Waals surface area contributed by atoms with Crippen LogP contribution in [0.3, 0.4) is 0 Å². The van der Waals surface area contributed by atoms with Gasteiger partial charge in [-0.2, -0.15) is 5.06 Å². The Morgan fingerprint density at radius 3 is 2.06 bits per heavy atom. The molecule has 6 nitrogen and oxygen atoms in total. The first kappa shape index (κ1) is 31.5. The standard InChI is InChI=1S/C29H55NO5Si/c1-20(34-30-28(8,9)17-14-18-29(30,10)11)15-16-21-23(35-36(12,13)27(5,6)7)19-22(31)24(21)25(32)33-26(2,3)4/h15-16,20-24,31H,14,17-19H2,1-13H3/t20-,21+,22+,23-,24+/m0/s1. The van der Waals surface area contributed by atoms with Gasteiger partial charge in [-0.3, -0.25) is 9.63 Å². The van der Waals surface area contributed by atoms with Crippen LogP contribution in [0.4, 0.5) is 0 Å². The molecule has 7 heteroatoms. The van der Waals surface area contributed by atoms with Crippen molar-refractivity contribution in [1.29, 1.82) is 0 Å². The molecule has 1 aliphatic heterocycles. The molecule has 5 atom stereocenters. The molecule has 0 aromatic carbocycles. The molecular weight excluding hydrogens is 470 g/mol. The van der Waals surface area contributed by atoms with Crippen LogP contribution in [0.15, 0.2) is 12.2 Å². The van der Waals surface area contributed by atoms with Gasteiger partial charge in [0.25, 0.3) is 0 Å². The minimum Gasteiger partial charge on any atom is -0.460 e. The number of aliphatic hydroxyl groups excluding tert-OH is 1. The number of piperidine rings is 1. The normalized spacial score (nSPS) is 30.5. The fraction of sp³-hybridized carbons (Fsp3) is 0.897. The van der Waals surface area contributed by atoms with Gasteiger partial charge >= 0.3 is 5.97 Å². The van der Waals surface area contributed by atoms with E-state index in [2.05, 4.69) is 66.6 Å². The van der Waals surface area contributed by atoms with Crippen LogP contribution in [-0.2, 0) is 18.8 Å². The lowest BCUT2D eigenvalue weighted by molar-refractivity contribution is -0.293. The molecule has 210 valence electrons. The van der Waals surface area contributed by atoms with E-state index in [0.717, 1.165) is 12.8 Å². The van der Waals surface area contributed by atoms with Crippen LogP contribution in [0.5, 0.6) is 0 Å². The zero-order valence-corrected chi connectivity index (χ0v) is 26.4. The van der Waals surface area contributed by atoms with Crippen molar-refractivity contribution in [3.8, 4) is 0 Å². The number of carbonyl (C=O) groups excluding carboxylic acids is 1. The van der Waals surface area contributed by atoms with E-state index in [0.29, 0.717) is 6.42 Å². The zero-order valence-electron chi connectivity index (χ0n) is 25.4. The van der Waals surface area contributed by atoms with Crippen molar-refractivity contribution in [2.45, 2.75) is 155 Å². The van der Waals surface area contributed by atoms with Crippen LogP contribution in [-0.4, -0.2) is 59.4 Å². The van der Waals surface area contributed by atoms with Gasteiger partial charge < -0.3 is 14.3 Å². The predicted octanol–water partition coefficient (Wildman–Crippen LogP) is 6.63. The van der Waals surface area contributed by atoms with Crippen LogP contribution in [0, 0.1) is 11.8 Å². The fourth-order valence-electron chi connectivity index (χ4n) is 5.39. The highest BCUT2D eigenvalue weighted by atomic mass is 28.4. The lowest BCUT2D eigenvalue weighted by atomic mass is 9.82. The smallest absolute Gasteiger partial charge is 0.312 e. The molecule has 2 rings (SSSR count). The van der Waals surface area contributed by atoms with Crippen molar-refractivity contribution >= 4 is 14.3 Å². The van der Waals surface area contributed by atoms with Crippen LogP contribution in [0.1, 0.15) is 102 Å². The summed E-state index contributed by atoms with van der Waals surface area (Å²) < 4.78 is 12.5. The van der Waals surface area contributed by atoms with Crippen molar-refractivity contribution in [1.82, 2.24) is 5.06 Å². The molecular formula is C29H55NO5Si. The van der Waals surface area contributed by atoms with Crippen molar-refractivity contribution in [2.75, 3.05) is 0 Å². The van der Waals surface area contributed by atoms with Gasteiger partial charge in [0.2, 0.25) is 0 Å². The average Bonchev–Trinajstić information content (AvgIpc) is 2.94. The number of hydroxylamine groups is 2. The number of esters is 1. The summed E-state index contributed by atoms with van der Waals surface area (Å²) >= 11 is 0. The van der Waals surface area contributed by atoms with E-state index in [9.17, 15) is 9.90 Å². The minimum atomic E-state index is -2.12. The first-order chi connectivity index (χ1) is 16.1. The number of rotatable bonds is 7. The maximum Gasteiger partial charge on any atom is 0.312 e. The van der Waals surface area contributed by atoms with Crippen molar-refractivity contribution < 1.29 is 23.9 Å². The number of hydrogen-bond donors (Lipinski definition) is 1. The van der Waals surface area contributed by atoms with Gasteiger partial charge in [-0.25, -0.2) is 0 Å².